The van der Waals surface area contributed by atoms with Gasteiger partial charge in [-0.25, -0.2) is 8.42 Å². The number of aryl methyl sites for hydroxylation is 1. The van der Waals surface area contributed by atoms with Gasteiger partial charge in [0.1, 0.15) is 5.75 Å². The number of sulfonamides is 1. The van der Waals surface area contributed by atoms with Crippen LogP contribution in [0.2, 0.25) is 0 Å². The molecule has 160 valence electrons. The third-order valence-electron chi connectivity index (χ3n) is 4.93. The number of piperazine rings is 1. The first-order chi connectivity index (χ1) is 14.3. The average Bonchev–Trinajstić information content (AvgIpc) is 2.72. The van der Waals surface area contributed by atoms with Crippen molar-refractivity contribution < 1.29 is 22.7 Å². The molecule has 0 bridgehead atoms. The molecule has 1 fully saturated rings. The van der Waals surface area contributed by atoms with Crippen LogP contribution < -0.4 is 10.5 Å². The van der Waals surface area contributed by atoms with Gasteiger partial charge in [-0.3, -0.25) is 9.59 Å². The van der Waals surface area contributed by atoms with Crippen LogP contribution in [0.4, 0.5) is 0 Å². The zero-order valence-electron chi connectivity index (χ0n) is 16.8. The molecule has 1 aliphatic rings. The van der Waals surface area contributed by atoms with Crippen LogP contribution >= 0.6 is 0 Å². The SMILES string of the molecule is Cc1ccc(C(N)=O)c(OCC(=O)N2CCN(S(=O)(=O)Cc3ccccc3)CC2)c1. The molecule has 2 amide bonds. The lowest BCUT2D eigenvalue weighted by Crippen LogP contribution is -2.51. The third kappa shape index (κ3) is 5.37. The van der Waals surface area contributed by atoms with Crippen LogP contribution in [0.1, 0.15) is 21.5 Å². The number of primary amides is 1. The molecule has 1 heterocycles. The van der Waals surface area contributed by atoms with Gasteiger partial charge in [0.15, 0.2) is 6.61 Å². The summed E-state index contributed by atoms with van der Waals surface area (Å²) in [5.41, 5.74) is 7.17. The van der Waals surface area contributed by atoms with E-state index >= 15 is 0 Å². The zero-order chi connectivity index (χ0) is 21.7. The minimum atomic E-state index is -3.45. The van der Waals surface area contributed by atoms with E-state index in [9.17, 15) is 18.0 Å². The lowest BCUT2D eigenvalue weighted by atomic mass is 10.1. The Balaban J connectivity index is 1.54. The summed E-state index contributed by atoms with van der Waals surface area (Å²) in [6.07, 6.45) is 0. The molecule has 2 N–H and O–H groups in total. The first kappa shape index (κ1) is 21.8. The summed E-state index contributed by atoms with van der Waals surface area (Å²) in [5.74, 6) is -0.699. The normalized spacial score (nSPS) is 15.0. The number of amides is 2. The van der Waals surface area contributed by atoms with Crippen molar-refractivity contribution >= 4 is 21.8 Å². The van der Waals surface area contributed by atoms with Crippen molar-refractivity contribution in [3.05, 3.63) is 65.2 Å². The predicted octanol–water partition coefficient (Wildman–Crippen LogP) is 1.15. The molecule has 2 aromatic rings. The molecule has 8 nitrogen and oxygen atoms in total. The summed E-state index contributed by atoms with van der Waals surface area (Å²) in [5, 5.41) is 0. The molecule has 0 aliphatic carbocycles. The summed E-state index contributed by atoms with van der Waals surface area (Å²) in [6.45, 7) is 2.63. The molecule has 0 saturated carbocycles. The fourth-order valence-corrected chi connectivity index (χ4v) is 4.79. The number of rotatable bonds is 7. The molecule has 3 rings (SSSR count). The molecule has 0 radical (unpaired) electrons. The van der Waals surface area contributed by atoms with Crippen molar-refractivity contribution in [1.29, 1.82) is 0 Å². The molecule has 0 atom stereocenters. The number of nitrogens with zero attached hydrogens (tertiary/aromatic N) is 2. The van der Waals surface area contributed by atoms with Crippen LogP contribution in [0, 0.1) is 6.92 Å². The van der Waals surface area contributed by atoms with E-state index in [1.165, 1.54) is 4.31 Å². The molecule has 0 spiro atoms. The van der Waals surface area contributed by atoms with Crippen LogP contribution in [-0.4, -0.2) is 62.2 Å². The van der Waals surface area contributed by atoms with Gasteiger partial charge in [0.05, 0.1) is 11.3 Å². The number of hydrogen-bond donors (Lipinski definition) is 1. The fourth-order valence-electron chi connectivity index (χ4n) is 3.28. The number of carbonyl (C=O) groups excluding carboxylic acids is 2. The summed E-state index contributed by atoms with van der Waals surface area (Å²) in [7, 11) is -3.45. The highest BCUT2D eigenvalue weighted by molar-refractivity contribution is 7.88. The van der Waals surface area contributed by atoms with Gasteiger partial charge in [-0.05, 0) is 30.2 Å². The second-order valence-corrected chi connectivity index (χ2v) is 9.14. The van der Waals surface area contributed by atoms with Crippen LogP contribution in [-0.2, 0) is 20.6 Å². The number of hydrogen-bond acceptors (Lipinski definition) is 5. The third-order valence-corrected chi connectivity index (χ3v) is 6.78. The van der Waals surface area contributed by atoms with E-state index in [-0.39, 0.29) is 55.8 Å². The van der Waals surface area contributed by atoms with E-state index in [2.05, 4.69) is 0 Å². The second-order valence-electron chi connectivity index (χ2n) is 7.17. The van der Waals surface area contributed by atoms with Crippen LogP contribution in [0.3, 0.4) is 0 Å². The number of ether oxygens (including phenoxy) is 1. The Hall–Kier alpha value is -2.91. The van der Waals surface area contributed by atoms with Crippen molar-refractivity contribution in [2.24, 2.45) is 5.73 Å². The van der Waals surface area contributed by atoms with Gasteiger partial charge in [0.25, 0.3) is 11.8 Å². The summed E-state index contributed by atoms with van der Waals surface area (Å²) in [6, 6.07) is 14.0. The standard InChI is InChI=1S/C21H25N3O5S/c1-16-7-8-18(21(22)26)19(13-16)29-14-20(25)23-9-11-24(12-10-23)30(27,28)15-17-5-3-2-4-6-17/h2-8,13H,9-12,14-15H2,1H3,(H2,22,26). The first-order valence-corrected chi connectivity index (χ1v) is 11.2. The summed E-state index contributed by atoms with van der Waals surface area (Å²) >= 11 is 0. The van der Waals surface area contributed by atoms with E-state index in [1.807, 2.05) is 13.0 Å². The van der Waals surface area contributed by atoms with Crippen molar-refractivity contribution in [2.45, 2.75) is 12.7 Å². The Morgan fingerprint density at radius 2 is 1.70 bits per heavy atom. The topological polar surface area (TPSA) is 110 Å². The van der Waals surface area contributed by atoms with Crippen LogP contribution in [0.15, 0.2) is 48.5 Å². The highest BCUT2D eigenvalue weighted by Gasteiger charge is 2.29. The predicted molar refractivity (Wildman–Crippen MR) is 112 cm³/mol. The monoisotopic (exact) mass is 431 g/mol. The van der Waals surface area contributed by atoms with E-state index in [0.717, 1.165) is 11.1 Å². The number of carbonyl (C=O) groups is 2. The second kappa shape index (κ2) is 9.27. The summed E-state index contributed by atoms with van der Waals surface area (Å²) < 4.78 is 32.2. The maximum atomic E-state index is 12.6. The molecule has 2 aromatic carbocycles. The van der Waals surface area contributed by atoms with Gasteiger partial charge in [-0.1, -0.05) is 36.4 Å². The first-order valence-electron chi connectivity index (χ1n) is 9.59. The Kier molecular flexibility index (Phi) is 6.73. The minimum Gasteiger partial charge on any atom is -0.483 e. The number of benzene rings is 2. The Bertz CT molecular complexity index is 1020. The van der Waals surface area contributed by atoms with Crippen molar-refractivity contribution in [3.63, 3.8) is 0 Å². The van der Waals surface area contributed by atoms with Gasteiger partial charge >= 0.3 is 0 Å². The molecule has 30 heavy (non-hydrogen) atoms. The quantitative estimate of drug-likeness (QED) is 0.707. The van der Waals surface area contributed by atoms with Crippen molar-refractivity contribution in [2.75, 3.05) is 32.8 Å². The highest BCUT2D eigenvalue weighted by Crippen LogP contribution is 2.20. The Labute approximate surface area is 176 Å². The Morgan fingerprint density at radius 1 is 1.03 bits per heavy atom. The maximum Gasteiger partial charge on any atom is 0.260 e. The van der Waals surface area contributed by atoms with Gasteiger partial charge in [0.2, 0.25) is 10.0 Å². The molecule has 9 heteroatoms. The van der Waals surface area contributed by atoms with Gasteiger partial charge in [-0.2, -0.15) is 4.31 Å². The maximum absolute atomic E-state index is 12.6. The Morgan fingerprint density at radius 3 is 2.33 bits per heavy atom. The zero-order valence-corrected chi connectivity index (χ0v) is 17.6. The molecule has 0 unspecified atom stereocenters. The minimum absolute atomic E-state index is 0.0614. The van der Waals surface area contributed by atoms with Crippen LogP contribution in [0.25, 0.3) is 0 Å². The molecule has 0 aromatic heterocycles. The van der Waals surface area contributed by atoms with Gasteiger partial charge in [0, 0.05) is 26.2 Å². The van der Waals surface area contributed by atoms with Crippen molar-refractivity contribution in [3.8, 4) is 5.75 Å². The lowest BCUT2D eigenvalue weighted by Gasteiger charge is -2.34. The van der Waals surface area contributed by atoms with E-state index in [0.29, 0.717) is 0 Å². The average molecular weight is 432 g/mol. The smallest absolute Gasteiger partial charge is 0.260 e. The molecular weight excluding hydrogens is 406 g/mol. The van der Waals surface area contributed by atoms with Crippen LogP contribution in [0.5, 0.6) is 5.75 Å². The largest absolute Gasteiger partial charge is 0.483 e. The summed E-state index contributed by atoms with van der Waals surface area (Å²) in [4.78, 5) is 25.6. The molecule has 1 saturated heterocycles. The van der Waals surface area contributed by atoms with E-state index in [1.54, 1.807) is 47.4 Å². The molecular formula is C21H25N3O5S. The number of nitrogens with two attached hydrogens (primary N) is 1. The molecule has 1 aliphatic heterocycles. The fraction of sp³-hybridized carbons (Fsp3) is 0.333. The lowest BCUT2D eigenvalue weighted by molar-refractivity contribution is -0.134. The van der Waals surface area contributed by atoms with Gasteiger partial charge in [-0.15, -0.1) is 0 Å². The van der Waals surface area contributed by atoms with E-state index in [4.69, 9.17) is 10.5 Å². The van der Waals surface area contributed by atoms with E-state index < -0.39 is 15.9 Å². The van der Waals surface area contributed by atoms with Gasteiger partial charge < -0.3 is 15.4 Å². The highest BCUT2D eigenvalue weighted by atomic mass is 32.2. The van der Waals surface area contributed by atoms with Crippen molar-refractivity contribution in [1.82, 2.24) is 9.21 Å².